The molecule has 0 heterocycles. The van der Waals surface area contributed by atoms with Crippen molar-refractivity contribution in [3.63, 3.8) is 0 Å². The lowest BCUT2D eigenvalue weighted by Gasteiger charge is -2.16. The molecule has 0 bridgehead atoms. The Balaban J connectivity index is 3.47. The fourth-order valence-corrected chi connectivity index (χ4v) is 0.766. The van der Waals surface area contributed by atoms with Gasteiger partial charge in [0, 0.05) is 20.7 Å². The maximum Gasteiger partial charge on any atom is 0.318 e. The normalized spacial score (nSPS) is 9.58. The summed E-state index contributed by atoms with van der Waals surface area (Å²) in [7, 11) is 3.33. The summed E-state index contributed by atoms with van der Waals surface area (Å²) in [4.78, 5) is 12.8. The minimum Gasteiger partial charge on any atom is -0.364 e. The SMILES string of the molecule is CCCCN(C)C(=O)NCOC. The summed E-state index contributed by atoms with van der Waals surface area (Å²) in [6, 6.07) is -0.0784. The van der Waals surface area contributed by atoms with E-state index in [0.717, 1.165) is 19.4 Å². The third kappa shape index (κ3) is 4.96. The highest BCUT2D eigenvalue weighted by Crippen LogP contribution is 1.91. The molecule has 0 aliphatic heterocycles. The van der Waals surface area contributed by atoms with E-state index in [9.17, 15) is 4.79 Å². The van der Waals surface area contributed by atoms with Crippen molar-refractivity contribution in [2.75, 3.05) is 27.4 Å². The molecule has 0 aromatic rings. The van der Waals surface area contributed by atoms with Crippen molar-refractivity contribution in [1.82, 2.24) is 10.2 Å². The predicted octanol–water partition coefficient (Wildman–Crippen LogP) is 1.03. The summed E-state index contributed by atoms with van der Waals surface area (Å²) in [5.41, 5.74) is 0. The Morgan fingerprint density at radius 2 is 2.25 bits per heavy atom. The topological polar surface area (TPSA) is 41.6 Å². The molecule has 2 amide bonds. The Hall–Kier alpha value is -0.770. The number of rotatable bonds is 5. The number of methoxy groups -OCH3 is 1. The average Bonchev–Trinajstić information content (AvgIpc) is 2.10. The van der Waals surface area contributed by atoms with Crippen molar-refractivity contribution in [3.05, 3.63) is 0 Å². The molecule has 0 aromatic heterocycles. The summed E-state index contributed by atoms with van der Waals surface area (Å²) >= 11 is 0. The molecular formula is C8H18N2O2. The summed E-state index contributed by atoms with van der Waals surface area (Å²) in [5, 5.41) is 2.61. The van der Waals surface area contributed by atoms with Crippen LogP contribution in [0.2, 0.25) is 0 Å². The van der Waals surface area contributed by atoms with E-state index in [-0.39, 0.29) is 12.8 Å². The van der Waals surface area contributed by atoms with Gasteiger partial charge in [-0.25, -0.2) is 4.79 Å². The van der Waals surface area contributed by atoms with Crippen LogP contribution in [0.4, 0.5) is 4.79 Å². The first kappa shape index (κ1) is 11.2. The first-order chi connectivity index (χ1) is 5.72. The van der Waals surface area contributed by atoms with E-state index in [1.165, 1.54) is 0 Å². The molecule has 0 aliphatic carbocycles. The first-order valence-corrected chi connectivity index (χ1v) is 4.20. The van der Waals surface area contributed by atoms with Crippen molar-refractivity contribution in [3.8, 4) is 0 Å². The van der Waals surface area contributed by atoms with Crippen LogP contribution in [0, 0.1) is 0 Å². The molecule has 0 unspecified atom stereocenters. The van der Waals surface area contributed by atoms with Crippen molar-refractivity contribution in [2.45, 2.75) is 19.8 Å². The van der Waals surface area contributed by atoms with Crippen molar-refractivity contribution >= 4 is 6.03 Å². The molecular weight excluding hydrogens is 156 g/mol. The van der Waals surface area contributed by atoms with E-state index in [1.54, 1.807) is 19.1 Å². The Bertz CT molecular complexity index is 128. The van der Waals surface area contributed by atoms with Crippen LogP contribution in [-0.2, 0) is 4.74 Å². The highest BCUT2D eigenvalue weighted by Gasteiger charge is 2.04. The maximum absolute atomic E-state index is 11.1. The summed E-state index contributed by atoms with van der Waals surface area (Å²) in [6.45, 7) is 3.17. The van der Waals surface area contributed by atoms with E-state index >= 15 is 0 Å². The van der Waals surface area contributed by atoms with Gasteiger partial charge in [0.1, 0.15) is 6.73 Å². The van der Waals surface area contributed by atoms with Gasteiger partial charge in [-0.1, -0.05) is 13.3 Å². The lowest BCUT2D eigenvalue weighted by atomic mass is 10.3. The van der Waals surface area contributed by atoms with Crippen molar-refractivity contribution < 1.29 is 9.53 Å². The van der Waals surface area contributed by atoms with Gasteiger partial charge >= 0.3 is 6.03 Å². The van der Waals surface area contributed by atoms with Crippen LogP contribution in [-0.4, -0.2) is 38.4 Å². The van der Waals surface area contributed by atoms with Crippen LogP contribution in [0.25, 0.3) is 0 Å². The van der Waals surface area contributed by atoms with Crippen LogP contribution >= 0.6 is 0 Å². The van der Waals surface area contributed by atoms with Crippen LogP contribution in [0.1, 0.15) is 19.8 Å². The summed E-state index contributed by atoms with van der Waals surface area (Å²) in [5.74, 6) is 0. The Labute approximate surface area is 73.9 Å². The number of hydrogen-bond acceptors (Lipinski definition) is 2. The Morgan fingerprint density at radius 3 is 2.75 bits per heavy atom. The quantitative estimate of drug-likeness (QED) is 0.632. The fraction of sp³-hybridized carbons (Fsp3) is 0.875. The lowest BCUT2D eigenvalue weighted by molar-refractivity contribution is 0.158. The molecule has 0 saturated heterocycles. The number of amides is 2. The number of hydrogen-bond donors (Lipinski definition) is 1. The third-order valence-electron chi connectivity index (χ3n) is 1.56. The monoisotopic (exact) mass is 174 g/mol. The number of ether oxygens (including phenoxy) is 1. The van der Waals surface area contributed by atoms with E-state index in [0.29, 0.717) is 0 Å². The summed E-state index contributed by atoms with van der Waals surface area (Å²) < 4.78 is 4.71. The average molecular weight is 174 g/mol. The van der Waals surface area contributed by atoms with E-state index in [1.807, 2.05) is 0 Å². The van der Waals surface area contributed by atoms with Gasteiger partial charge in [0.05, 0.1) is 0 Å². The van der Waals surface area contributed by atoms with Crippen LogP contribution in [0.15, 0.2) is 0 Å². The number of nitrogens with zero attached hydrogens (tertiary/aromatic N) is 1. The Morgan fingerprint density at radius 1 is 1.58 bits per heavy atom. The second-order valence-electron chi connectivity index (χ2n) is 2.69. The number of carbonyl (C=O) groups excluding carboxylic acids is 1. The molecule has 0 rings (SSSR count). The highest BCUT2D eigenvalue weighted by molar-refractivity contribution is 5.73. The molecule has 0 aromatic carbocycles. The molecule has 4 heteroatoms. The molecule has 0 fully saturated rings. The van der Waals surface area contributed by atoms with Gasteiger partial charge in [0.2, 0.25) is 0 Å². The smallest absolute Gasteiger partial charge is 0.318 e. The largest absolute Gasteiger partial charge is 0.364 e. The maximum atomic E-state index is 11.1. The highest BCUT2D eigenvalue weighted by atomic mass is 16.5. The molecule has 0 radical (unpaired) electrons. The molecule has 0 saturated carbocycles. The van der Waals surface area contributed by atoms with Gasteiger partial charge in [0.25, 0.3) is 0 Å². The molecule has 72 valence electrons. The fourth-order valence-electron chi connectivity index (χ4n) is 0.766. The second-order valence-corrected chi connectivity index (χ2v) is 2.69. The minimum absolute atomic E-state index is 0.0784. The zero-order valence-electron chi connectivity index (χ0n) is 8.09. The van der Waals surface area contributed by atoms with Gasteiger partial charge in [-0.3, -0.25) is 0 Å². The molecule has 0 spiro atoms. The van der Waals surface area contributed by atoms with Crippen LogP contribution in [0.5, 0.6) is 0 Å². The Kier molecular flexibility index (Phi) is 6.47. The lowest BCUT2D eigenvalue weighted by Crippen LogP contribution is -2.38. The zero-order valence-corrected chi connectivity index (χ0v) is 8.09. The standard InChI is InChI=1S/C8H18N2O2/c1-4-5-6-10(2)8(11)9-7-12-3/h4-7H2,1-3H3,(H,9,11). The van der Waals surface area contributed by atoms with Crippen molar-refractivity contribution in [1.29, 1.82) is 0 Å². The molecule has 1 N–H and O–H groups in total. The second kappa shape index (κ2) is 6.91. The predicted molar refractivity (Wildman–Crippen MR) is 47.9 cm³/mol. The van der Waals surface area contributed by atoms with Gasteiger partial charge in [-0.15, -0.1) is 0 Å². The van der Waals surface area contributed by atoms with Crippen LogP contribution in [0.3, 0.4) is 0 Å². The van der Waals surface area contributed by atoms with Gasteiger partial charge in [-0.2, -0.15) is 0 Å². The van der Waals surface area contributed by atoms with Gasteiger partial charge < -0.3 is 15.0 Å². The molecule has 0 atom stereocenters. The number of nitrogens with one attached hydrogen (secondary N) is 1. The van der Waals surface area contributed by atoms with Crippen LogP contribution < -0.4 is 5.32 Å². The minimum atomic E-state index is -0.0784. The third-order valence-corrected chi connectivity index (χ3v) is 1.56. The van der Waals surface area contributed by atoms with E-state index in [2.05, 4.69) is 12.2 Å². The van der Waals surface area contributed by atoms with Crippen molar-refractivity contribution in [2.24, 2.45) is 0 Å². The number of carbonyl (C=O) groups is 1. The van der Waals surface area contributed by atoms with E-state index < -0.39 is 0 Å². The zero-order chi connectivity index (χ0) is 9.40. The van der Waals surface area contributed by atoms with Gasteiger partial charge in [-0.05, 0) is 6.42 Å². The van der Waals surface area contributed by atoms with E-state index in [4.69, 9.17) is 4.74 Å². The van der Waals surface area contributed by atoms with Gasteiger partial charge in [0.15, 0.2) is 0 Å². The molecule has 0 aliphatic rings. The summed E-state index contributed by atoms with van der Waals surface area (Å²) in [6.07, 6.45) is 2.14. The molecule has 12 heavy (non-hydrogen) atoms. The number of urea groups is 1. The number of unbranched alkanes of at least 4 members (excludes halogenated alkanes) is 1. The molecule has 4 nitrogen and oxygen atoms in total. The first-order valence-electron chi connectivity index (χ1n) is 4.20.